The van der Waals surface area contributed by atoms with E-state index in [0.717, 1.165) is 0 Å². The van der Waals surface area contributed by atoms with Gasteiger partial charge >= 0.3 is 26.0 Å². The zero-order valence-electron chi connectivity index (χ0n) is 2.08. The topological polar surface area (TPSA) is 17.1 Å². The number of halogens is 3. The Balaban J connectivity index is -0.00000000167. The van der Waals surface area contributed by atoms with E-state index in [4.69, 9.17) is 3.02 Å². The van der Waals surface area contributed by atoms with Crippen molar-refractivity contribution in [3.8, 4) is 0 Å². The van der Waals surface area contributed by atoms with Crippen molar-refractivity contribution in [1.29, 1.82) is 0 Å². The Hall–Kier alpha value is 1.49. The van der Waals surface area contributed by atoms with Gasteiger partial charge in [-0.25, -0.2) is 0 Å². The van der Waals surface area contributed by atoms with Crippen LogP contribution in [0.1, 0.15) is 0 Å². The summed E-state index contributed by atoms with van der Waals surface area (Å²) in [5, 5.41) is 0. The first-order valence-electron chi connectivity index (χ1n) is 0.183. The van der Waals surface area contributed by atoms with Gasteiger partial charge < -0.3 is 0 Å². The third-order valence-electron chi connectivity index (χ3n) is 0. The van der Waals surface area contributed by atoms with Crippen LogP contribution in [0, 0.1) is 0 Å². The summed E-state index contributed by atoms with van der Waals surface area (Å²) in [6.45, 7) is 0. The van der Waals surface area contributed by atoms with E-state index in [0.29, 0.717) is 23.0 Å². The van der Waals surface area contributed by atoms with Crippen LogP contribution in [-0.4, -0.2) is 23.0 Å². The van der Waals surface area contributed by atoms with Crippen LogP contribution < -0.4 is 0 Å². The summed E-state index contributed by atoms with van der Waals surface area (Å²) in [6, 6.07) is 0. The van der Waals surface area contributed by atoms with Crippen LogP contribution in [0.25, 0.3) is 0 Å². The van der Waals surface area contributed by atoms with E-state index in [2.05, 4.69) is 0 Å². The van der Waals surface area contributed by atoms with Gasteiger partial charge in [0, 0.05) is 0 Å². The van der Waals surface area contributed by atoms with Crippen LogP contribution in [0.3, 0.4) is 0 Å². The molecule has 35 valence electrons. The first kappa shape index (κ1) is 31.6. The third kappa shape index (κ3) is 30.2. The molecule has 0 saturated carbocycles. The van der Waals surface area contributed by atoms with Gasteiger partial charge in [0.2, 0.25) is 0 Å². The molecule has 1 radical (unpaired) electrons. The fourth-order valence-electron chi connectivity index (χ4n) is 0. The predicted octanol–water partition coefficient (Wildman–Crippen LogP) is 0.766. The van der Waals surface area contributed by atoms with Gasteiger partial charge in [-0.1, -0.05) is 0 Å². The second-order valence-electron chi connectivity index (χ2n) is 0. The summed E-state index contributed by atoms with van der Waals surface area (Å²) < 4.78 is 8.30. The Morgan fingerprint density at radius 1 is 0.800 bits per heavy atom. The molecule has 0 fully saturated rings. The van der Waals surface area contributed by atoms with Gasteiger partial charge in [0.25, 0.3) is 0 Å². The van der Waals surface area contributed by atoms with Gasteiger partial charge in [-0.05, 0) is 0 Å². The van der Waals surface area contributed by atoms with E-state index >= 15 is 0 Å². The van der Waals surface area contributed by atoms with Gasteiger partial charge in [0.15, 0.2) is 0 Å². The Bertz CT molecular complexity index is 6.85. The SMILES string of the molecule is Cl.Cl.Cl.[O]=[Sb]. The molecule has 0 aromatic heterocycles. The van der Waals surface area contributed by atoms with Gasteiger partial charge in [-0.2, -0.15) is 0 Å². The molecular weight excluding hydrogens is 244 g/mol. The summed E-state index contributed by atoms with van der Waals surface area (Å²) in [7, 11) is 0. The normalized spacial score (nSPS) is 0.800. The number of hydrogen-bond donors (Lipinski definition) is 0. The standard InChI is InChI=1S/3ClH.O.Sb/h3*1H;;. The number of hydrogen-bond acceptors (Lipinski definition) is 1. The molecule has 0 aliphatic heterocycles. The monoisotopic (exact) mass is 245 g/mol. The molecule has 0 amide bonds. The van der Waals surface area contributed by atoms with Gasteiger partial charge in [-0.15, -0.1) is 37.2 Å². The molecule has 0 aliphatic rings. The zero-order valence-corrected chi connectivity index (χ0v) is 7.08. The molecule has 5 heavy (non-hydrogen) atoms. The fraction of sp³-hybridized carbons (Fsp3) is 0. The van der Waals surface area contributed by atoms with Crippen molar-refractivity contribution in [2.75, 3.05) is 0 Å². The third-order valence-corrected chi connectivity index (χ3v) is 0. The van der Waals surface area contributed by atoms with Gasteiger partial charge in [-0.3, -0.25) is 0 Å². The second-order valence-corrected chi connectivity index (χ2v) is 0. The Labute approximate surface area is 63.0 Å². The minimum atomic E-state index is 0. The molecule has 0 saturated heterocycles. The second kappa shape index (κ2) is 49.9. The van der Waals surface area contributed by atoms with Crippen LogP contribution in [-0.2, 0) is 3.02 Å². The Morgan fingerprint density at radius 3 is 0.800 bits per heavy atom. The van der Waals surface area contributed by atoms with E-state index in [1.807, 2.05) is 0 Å². The van der Waals surface area contributed by atoms with E-state index in [1.54, 1.807) is 0 Å². The molecule has 1 nitrogen and oxygen atoms in total. The van der Waals surface area contributed by atoms with Crippen molar-refractivity contribution < 1.29 is 3.02 Å². The molecule has 0 spiro atoms. The van der Waals surface area contributed by atoms with Crippen molar-refractivity contribution in [3.05, 3.63) is 0 Å². The summed E-state index contributed by atoms with van der Waals surface area (Å²) in [5.74, 6) is 0. The van der Waals surface area contributed by atoms with Crippen LogP contribution in [0.15, 0.2) is 0 Å². The van der Waals surface area contributed by atoms with Crippen LogP contribution >= 0.6 is 37.2 Å². The van der Waals surface area contributed by atoms with Gasteiger partial charge in [0.1, 0.15) is 0 Å². The van der Waals surface area contributed by atoms with E-state index in [9.17, 15) is 0 Å². The zero-order chi connectivity index (χ0) is 2.00. The van der Waals surface area contributed by atoms with Crippen molar-refractivity contribution in [3.63, 3.8) is 0 Å². The van der Waals surface area contributed by atoms with E-state index < -0.39 is 0 Å². The predicted molar refractivity (Wildman–Crippen MR) is 28.2 cm³/mol. The maximum absolute atomic E-state index is 8.30. The fourth-order valence-corrected chi connectivity index (χ4v) is 0. The molecule has 0 unspecified atom stereocenters. The van der Waals surface area contributed by atoms with Crippen molar-refractivity contribution in [1.82, 2.24) is 0 Å². The molecule has 0 bridgehead atoms. The Kier molecular flexibility index (Phi) is 315. The Morgan fingerprint density at radius 2 is 0.800 bits per heavy atom. The van der Waals surface area contributed by atoms with Crippen molar-refractivity contribution in [2.24, 2.45) is 0 Å². The van der Waals surface area contributed by atoms with Crippen LogP contribution in [0.5, 0.6) is 0 Å². The molecule has 0 N–H and O–H groups in total. The van der Waals surface area contributed by atoms with E-state index in [-0.39, 0.29) is 37.2 Å². The molecule has 0 aliphatic carbocycles. The average molecular weight is 247 g/mol. The summed E-state index contributed by atoms with van der Waals surface area (Å²) in [4.78, 5) is 0. The molecule has 0 rings (SSSR count). The first-order chi connectivity index (χ1) is 1.00. The average Bonchev–Trinajstić information content (AvgIpc) is 1.00. The van der Waals surface area contributed by atoms with Crippen molar-refractivity contribution >= 4 is 60.2 Å². The maximum atomic E-state index is 8.30. The number of rotatable bonds is 0. The molecule has 0 heterocycles. The van der Waals surface area contributed by atoms with E-state index in [1.165, 1.54) is 0 Å². The van der Waals surface area contributed by atoms with Crippen molar-refractivity contribution in [2.45, 2.75) is 0 Å². The first-order valence-corrected chi connectivity index (χ1v) is 1.22. The molecule has 0 aromatic rings. The molecule has 5 heteroatoms. The van der Waals surface area contributed by atoms with Crippen LogP contribution in [0.4, 0.5) is 0 Å². The quantitative estimate of drug-likeness (QED) is 0.578. The molecule has 0 atom stereocenters. The molecular formula is H3Cl3OSb. The molecule has 0 aromatic carbocycles. The van der Waals surface area contributed by atoms with Gasteiger partial charge in [0.05, 0.1) is 0 Å². The summed E-state index contributed by atoms with van der Waals surface area (Å²) in [6.07, 6.45) is 0. The summed E-state index contributed by atoms with van der Waals surface area (Å²) in [5.41, 5.74) is 0. The van der Waals surface area contributed by atoms with Crippen LogP contribution in [0.2, 0.25) is 0 Å². The minimum absolute atomic E-state index is 0. The summed E-state index contributed by atoms with van der Waals surface area (Å²) >= 11 is 0.500.